The van der Waals surface area contributed by atoms with Crippen LogP contribution in [0, 0.1) is 11.3 Å². The Morgan fingerprint density at radius 1 is 1.31 bits per heavy atom. The topological polar surface area (TPSA) is 36.3 Å². The number of halogens is 1. The van der Waals surface area contributed by atoms with Crippen molar-refractivity contribution >= 4 is 17.3 Å². The van der Waals surface area contributed by atoms with Gasteiger partial charge in [-0.3, -0.25) is 0 Å². The zero-order chi connectivity index (χ0) is 11.4. The Bertz CT molecular complexity index is 406. The predicted molar refractivity (Wildman–Crippen MR) is 63.8 cm³/mol. The Morgan fingerprint density at radius 2 is 2.19 bits per heavy atom. The third-order valence-corrected chi connectivity index (χ3v) is 2.94. The van der Waals surface area contributed by atoms with Crippen molar-refractivity contribution in [2.24, 2.45) is 0 Å². The Balaban J connectivity index is 2.22. The summed E-state index contributed by atoms with van der Waals surface area (Å²) in [7, 11) is 0. The average molecular weight is 237 g/mol. The molecule has 0 aromatic heterocycles. The molecule has 1 fully saturated rings. The summed E-state index contributed by atoms with van der Waals surface area (Å²) in [6, 6.07) is 7.50. The Labute approximate surface area is 100 Å². The number of benzene rings is 1. The van der Waals surface area contributed by atoms with E-state index in [-0.39, 0.29) is 0 Å². The van der Waals surface area contributed by atoms with Crippen LogP contribution in [-0.4, -0.2) is 26.3 Å². The van der Waals surface area contributed by atoms with Gasteiger partial charge in [-0.25, -0.2) is 0 Å². The summed E-state index contributed by atoms with van der Waals surface area (Å²) in [5, 5.41) is 9.41. The highest BCUT2D eigenvalue weighted by Gasteiger charge is 2.13. The van der Waals surface area contributed by atoms with Crippen molar-refractivity contribution in [2.75, 3.05) is 31.2 Å². The van der Waals surface area contributed by atoms with Crippen LogP contribution in [0.1, 0.15) is 12.0 Å². The van der Waals surface area contributed by atoms with Crippen molar-refractivity contribution in [1.82, 2.24) is 0 Å². The quantitative estimate of drug-likeness (QED) is 0.752. The maximum absolute atomic E-state index is 8.77. The van der Waals surface area contributed by atoms with Gasteiger partial charge in [-0.15, -0.1) is 0 Å². The van der Waals surface area contributed by atoms with Crippen LogP contribution in [0.4, 0.5) is 5.69 Å². The van der Waals surface area contributed by atoms with Crippen molar-refractivity contribution in [1.29, 1.82) is 5.26 Å². The van der Waals surface area contributed by atoms with Crippen molar-refractivity contribution in [3.8, 4) is 6.07 Å². The molecule has 1 saturated heterocycles. The third-order valence-electron chi connectivity index (χ3n) is 2.64. The highest BCUT2D eigenvalue weighted by atomic mass is 35.5. The van der Waals surface area contributed by atoms with Crippen molar-refractivity contribution in [3.63, 3.8) is 0 Å². The van der Waals surface area contributed by atoms with Gasteiger partial charge in [0.05, 0.1) is 28.9 Å². The smallest absolute Gasteiger partial charge is 0.0992 e. The number of rotatable bonds is 1. The molecule has 1 heterocycles. The van der Waals surface area contributed by atoms with Crippen molar-refractivity contribution in [3.05, 3.63) is 28.8 Å². The molecule has 2 rings (SSSR count). The summed E-state index contributed by atoms with van der Waals surface area (Å²) >= 11 is 6.16. The molecule has 0 saturated carbocycles. The highest BCUT2D eigenvalue weighted by Crippen LogP contribution is 2.27. The lowest BCUT2D eigenvalue weighted by atomic mass is 10.2. The van der Waals surface area contributed by atoms with Crippen LogP contribution in [0.2, 0.25) is 5.02 Å². The summed E-state index contributed by atoms with van der Waals surface area (Å²) in [6.45, 7) is 3.35. The normalized spacial score (nSPS) is 16.6. The summed E-state index contributed by atoms with van der Waals surface area (Å²) < 4.78 is 5.39. The standard InChI is InChI=1S/C12H13ClN2O/c13-11-8-10(9-14)2-3-12(11)15-4-1-6-16-7-5-15/h2-3,8H,1,4-7H2. The molecule has 84 valence electrons. The fraction of sp³-hybridized carbons (Fsp3) is 0.417. The first-order chi connectivity index (χ1) is 7.81. The van der Waals surface area contributed by atoms with Gasteiger partial charge in [0.15, 0.2) is 0 Å². The van der Waals surface area contributed by atoms with E-state index in [1.165, 1.54) is 0 Å². The Hall–Kier alpha value is -1.24. The Morgan fingerprint density at radius 3 is 2.94 bits per heavy atom. The first-order valence-electron chi connectivity index (χ1n) is 5.33. The maximum Gasteiger partial charge on any atom is 0.0992 e. The highest BCUT2D eigenvalue weighted by molar-refractivity contribution is 6.33. The molecule has 4 heteroatoms. The lowest BCUT2D eigenvalue weighted by Gasteiger charge is -2.23. The van der Waals surface area contributed by atoms with E-state index in [9.17, 15) is 0 Å². The van der Waals surface area contributed by atoms with Crippen molar-refractivity contribution in [2.45, 2.75) is 6.42 Å². The van der Waals surface area contributed by atoms with Gasteiger partial charge in [-0.1, -0.05) is 11.6 Å². The summed E-state index contributed by atoms with van der Waals surface area (Å²) in [5.74, 6) is 0. The monoisotopic (exact) mass is 236 g/mol. The van der Waals surface area contributed by atoms with E-state index in [1.54, 1.807) is 12.1 Å². The van der Waals surface area contributed by atoms with Crippen LogP contribution in [0.3, 0.4) is 0 Å². The minimum atomic E-state index is 0.597. The second-order valence-electron chi connectivity index (χ2n) is 3.73. The second-order valence-corrected chi connectivity index (χ2v) is 4.14. The summed E-state index contributed by atoms with van der Waals surface area (Å²) in [6.07, 6.45) is 1.01. The zero-order valence-corrected chi connectivity index (χ0v) is 9.70. The third kappa shape index (κ3) is 2.46. The van der Waals surface area contributed by atoms with Crippen LogP contribution < -0.4 is 4.90 Å². The lowest BCUT2D eigenvalue weighted by Crippen LogP contribution is -2.26. The van der Waals surface area contributed by atoms with Gasteiger partial charge in [-0.2, -0.15) is 5.26 Å². The van der Waals surface area contributed by atoms with Gasteiger partial charge < -0.3 is 9.64 Å². The van der Waals surface area contributed by atoms with E-state index in [4.69, 9.17) is 21.6 Å². The molecule has 1 aromatic carbocycles. The molecule has 1 aromatic rings. The molecule has 1 aliphatic heterocycles. The van der Waals surface area contributed by atoms with Crippen LogP contribution in [0.5, 0.6) is 0 Å². The minimum Gasteiger partial charge on any atom is -0.380 e. The number of nitrogens with zero attached hydrogens (tertiary/aromatic N) is 2. The summed E-state index contributed by atoms with van der Waals surface area (Å²) in [4.78, 5) is 2.20. The molecule has 0 radical (unpaired) electrons. The van der Waals surface area contributed by atoms with Gasteiger partial charge in [-0.05, 0) is 24.6 Å². The molecule has 0 atom stereocenters. The Kier molecular flexibility index (Phi) is 3.66. The van der Waals surface area contributed by atoms with Crippen LogP contribution in [-0.2, 0) is 4.74 Å². The van der Waals surface area contributed by atoms with Gasteiger partial charge in [0.2, 0.25) is 0 Å². The van der Waals surface area contributed by atoms with Crippen LogP contribution >= 0.6 is 11.6 Å². The fourth-order valence-corrected chi connectivity index (χ4v) is 2.12. The van der Waals surface area contributed by atoms with Gasteiger partial charge in [0.1, 0.15) is 0 Å². The molecule has 0 N–H and O–H groups in total. The molecular weight excluding hydrogens is 224 g/mol. The molecule has 0 bridgehead atoms. The zero-order valence-electron chi connectivity index (χ0n) is 8.95. The average Bonchev–Trinajstić information content (AvgIpc) is 2.57. The largest absolute Gasteiger partial charge is 0.380 e. The molecule has 0 spiro atoms. The molecule has 1 aliphatic rings. The minimum absolute atomic E-state index is 0.597. The molecular formula is C12H13ClN2O. The second kappa shape index (κ2) is 5.20. The first-order valence-corrected chi connectivity index (χ1v) is 5.71. The van der Waals surface area contributed by atoms with E-state index in [0.29, 0.717) is 10.6 Å². The number of anilines is 1. The lowest BCUT2D eigenvalue weighted by molar-refractivity contribution is 0.152. The number of hydrogen-bond acceptors (Lipinski definition) is 3. The molecule has 0 amide bonds. The fourth-order valence-electron chi connectivity index (χ4n) is 1.82. The van der Waals surface area contributed by atoms with Gasteiger partial charge in [0.25, 0.3) is 0 Å². The molecule has 3 nitrogen and oxygen atoms in total. The predicted octanol–water partition coefficient (Wildman–Crippen LogP) is 2.44. The molecule has 0 unspecified atom stereocenters. The van der Waals surface area contributed by atoms with E-state index < -0.39 is 0 Å². The summed E-state index contributed by atoms with van der Waals surface area (Å²) in [5.41, 5.74) is 1.59. The van der Waals surface area contributed by atoms with E-state index in [2.05, 4.69) is 11.0 Å². The first kappa shape index (κ1) is 11.3. The van der Waals surface area contributed by atoms with Crippen molar-refractivity contribution < 1.29 is 4.74 Å². The SMILES string of the molecule is N#Cc1ccc(N2CCCOCC2)c(Cl)c1. The van der Waals surface area contributed by atoms with E-state index in [1.807, 2.05) is 6.07 Å². The molecule has 16 heavy (non-hydrogen) atoms. The molecule has 0 aliphatic carbocycles. The van der Waals surface area contributed by atoms with E-state index in [0.717, 1.165) is 38.4 Å². The maximum atomic E-state index is 8.77. The van der Waals surface area contributed by atoms with Crippen LogP contribution in [0.15, 0.2) is 18.2 Å². The van der Waals surface area contributed by atoms with Crippen LogP contribution in [0.25, 0.3) is 0 Å². The van der Waals surface area contributed by atoms with Gasteiger partial charge in [0, 0.05) is 19.7 Å². The van der Waals surface area contributed by atoms with E-state index >= 15 is 0 Å². The number of nitriles is 1. The number of ether oxygens (including phenoxy) is 1. The number of hydrogen-bond donors (Lipinski definition) is 0. The van der Waals surface area contributed by atoms with Gasteiger partial charge >= 0.3 is 0 Å².